The first-order chi connectivity index (χ1) is 12.3. The maximum Gasteiger partial charge on any atom is 0.416 e. The van der Waals surface area contributed by atoms with E-state index in [1.165, 1.54) is 12.1 Å². The topological polar surface area (TPSA) is 42.2 Å². The molecule has 26 heavy (non-hydrogen) atoms. The molecule has 7 heteroatoms. The first kappa shape index (κ1) is 18.1. The molecule has 3 aromatic rings. The average molecular weight is 361 g/mol. The highest BCUT2D eigenvalue weighted by atomic mass is 19.4. The molecule has 4 nitrogen and oxygen atoms in total. The summed E-state index contributed by atoms with van der Waals surface area (Å²) in [5.74, 6) is 0.495. The van der Waals surface area contributed by atoms with Gasteiger partial charge in [0, 0.05) is 11.6 Å². The number of benzene rings is 2. The van der Waals surface area contributed by atoms with Crippen molar-refractivity contribution < 1.29 is 17.7 Å². The van der Waals surface area contributed by atoms with Crippen molar-refractivity contribution in [1.82, 2.24) is 15.0 Å². The van der Waals surface area contributed by atoms with Crippen LogP contribution in [0.5, 0.6) is 0 Å². The molecule has 3 rings (SSSR count). The number of halogens is 3. The molecule has 0 bridgehead atoms. The van der Waals surface area contributed by atoms with Gasteiger partial charge in [0.1, 0.15) is 0 Å². The van der Waals surface area contributed by atoms with Gasteiger partial charge in [0.2, 0.25) is 11.7 Å². The third-order valence-corrected chi connectivity index (χ3v) is 4.24. The van der Waals surface area contributed by atoms with Crippen LogP contribution >= 0.6 is 0 Å². The van der Waals surface area contributed by atoms with E-state index in [4.69, 9.17) is 4.52 Å². The second-order valence-electron chi connectivity index (χ2n) is 6.09. The van der Waals surface area contributed by atoms with E-state index in [9.17, 15) is 13.2 Å². The van der Waals surface area contributed by atoms with Crippen molar-refractivity contribution in [1.29, 1.82) is 0 Å². The number of hydrogen-bond donors (Lipinski definition) is 0. The molecule has 0 radical (unpaired) electrons. The second kappa shape index (κ2) is 7.29. The van der Waals surface area contributed by atoms with Crippen LogP contribution in [-0.4, -0.2) is 22.1 Å². The van der Waals surface area contributed by atoms with Crippen LogP contribution in [0.15, 0.2) is 59.1 Å². The molecule has 0 aliphatic rings. The van der Waals surface area contributed by atoms with E-state index in [1.807, 2.05) is 42.3 Å². The van der Waals surface area contributed by atoms with E-state index in [-0.39, 0.29) is 17.4 Å². The van der Waals surface area contributed by atoms with Gasteiger partial charge in [0.25, 0.3) is 0 Å². The van der Waals surface area contributed by atoms with Crippen molar-refractivity contribution >= 4 is 0 Å². The van der Waals surface area contributed by atoms with E-state index >= 15 is 0 Å². The van der Waals surface area contributed by atoms with Crippen LogP contribution in [0.25, 0.3) is 11.4 Å². The molecule has 2 aromatic carbocycles. The molecular formula is C19H18F3N3O. The monoisotopic (exact) mass is 361 g/mol. The van der Waals surface area contributed by atoms with Crippen molar-refractivity contribution in [3.05, 3.63) is 71.6 Å². The van der Waals surface area contributed by atoms with Crippen LogP contribution in [0.2, 0.25) is 0 Å². The standard InChI is InChI=1S/C19H18F3N3O/c1-13(14-7-4-3-5-8-14)25(2)12-17-23-18(24-26-17)15-9-6-10-16(11-15)19(20,21)22/h3-11,13H,12H2,1-2H3/t13-/m1/s1. The van der Waals surface area contributed by atoms with Crippen molar-refractivity contribution in [3.8, 4) is 11.4 Å². The van der Waals surface area contributed by atoms with Crippen LogP contribution in [0.3, 0.4) is 0 Å². The van der Waals surface area contributed by atoms with E-state index in [1.54, 1.807) is 0 Å². The van der Waals surface area contributed by atoms with Crippen molar-refractivity contribution in [2.24, 2.45) is 0 Å². The predicted octanol–water partition coefficient (Wildman–Crippen LogP) is 4.95. The molecule has 136 valence electrons. The zero-order valence-electron chi connectivity index (χ0n) is 14.4. The van der Waals surface area contributed by atoms with Crippen molar-refractivity contribution in [3.63, 3.8) is 0 Å². The Kier molecular flexibility index (Phi) is 5.08. The Balaban J connectivity index is 1.74. The van der Waals surface area contributed by atoms with E-state index in [0.29, 0.717) is 12.4 Å². The van der Waals surface area contributed by atoms with Crippen molar-refractivity contribution in [2.45, 2.75) is 25.7 Å². The lowest BCUT2D eigenvalue weighted by Gasteiger charge is -2.23. The predicted molar refractivity (Wildman–Crippen MR) is 91.1 cm³/mol. The Labute approximate surface area is 149 Å². The van der Waals surface area contributed by atoms with E-state index < -0.39 is 11.7 Å². The van der Waals surface area contributed by atoms with Gasteiger partial charge in [0.15, 0.2) is 0 Å². The molecule has 1 atom stereocenters. The van der Waals surface area contributed by atoms with Gasteiger partial charge in [-0.3, -0.25) is 4.90 Å². The lowest BCUT2D eigenvalue weighted by Crippen LogP contribution is -2.22. The Hall–Kier alpha value is -2.67. The molecule has 0 aliphatic carbocycles. The smallest absolute Gasteiger partial charge is 0.338 e. The van der Waals surface area contributed by atoms with Crippen LogP contribution < -0.4 is 0 Å². The van der Waals surface area contributed by atoms with Crippen LogP contribution in [0.4, 0.5) is 13.2 Å². The summed E-state index contributed by atoms with van der Waals surface area (Å²) in [5, 5.41) is 3.81. The normalized spacial score (nSPS) is 13.2. The summed E-state index contributed by atoms with van der Waals surface area (Å²) in [6.45, 7) is 2.45. The highest BCUT2D eigenvalue weighted by molar-refractivity contribution is 5.55. The summed E-state index contributed by atoms with van der Waals surface area (Å²) in [5.41, 5.74) is 0.678. The van der Waals surface area contributed by atoms with Gasteiger partial charge in [0.05, 0.1) is 12.1 Å². The first-order valence-electron chi connectivity index (χ1n) is 8.10. The maximum atomic E-state index is 12.8. The maximum absolute atomic E-state index is 12.8. The fourth-order valence-electron chi connectivity index (χ4n) is 2.61. The Morgan fingerprint density at radius 3 is 2.50 bits per heavy atom. The third kappa shape index (κ3) is 4.11. The minimum Gasteiger partial charge on any atom is -0.338 e. The number of rotatable bonds is 5. The van der Waals surface area contributed by atoms with Gasteiger partial charge >= 0.3 is 6.18 Å². The van der Waals surface area contributed by atoms with Gasteiger partial charge < -0.3 is 4.52 Å². The quantitative estimate of drug-likeness (QED) is 0.645. The summed E-state index contributed by atoms with van der Waals surface area (Å²) in [4.78, 5) is 6.26. The van der Waals surface area contributed by atoms with Crippen LogP contribution in [0.1, 0.15) is 30.0 Å². The Morgan fingerprint density at radius 1 is 1.08 bits per heavy atom. The van der Waals surface area contributed by atoms with Gasteiger partial charge in [-0.2, -0.15) is 18.2 Å². The van der Waals surface area contributed by atoms with Crippen LogP contribution in [0, 0.1) is 0 Å². The second-order valence-corrected chi connectivity index (χ2v) is 6.09. The molecular weight excluding hydrogens is 343 g/mol. The average Bonchev–Trinajstić information content (AvgIpc) is 3.09. The number of hydrogen-bond acceptors (Lipinski definition) is 4. The summed E-state index contributed by atoms with van der Waals surface area (Å²) >= 11 is 0. The summed E-state index contributed by atoms with van der Waals surface area (Å²) in [7, 11) is 1.92. The highest BCUT2D eigenvalue weighted by Crippen LogP contribution is 2.31. The lowest BCUT2D eigenvalue weighted by molar-refractivity contribution is -0.137. The highest BCUT2D eigenvalue weighted by Gasteiger charge is 2.30. The third-order valence-electron chi connectivity index (χ3n) is 4.24. The first-order valence-corrected chi connectivity index (χ1v) is 8.10. The molecule has 1 heterocycles. The van der Waals surface area contributed by atoms with Gasteiger partial charge in [-0.15, -0.1) is 0 Å². The Bertz CT molecular complexity index is 862. The van der Waals surface area contributed by atoms with Gasteiger partial charge in [-0.1, -0.05) is 47.6 Å². The molecule has 0 spiro atoms. The fourth-order valence-corrected chi connectivity index (χ4v) is 2.61. The molecule has 0 amide bonds. The fraction of sp³-hybridized carbons (Fsp3) is 0.263. The molecule has 0 fully saturated rings. The number of nitrogens with zero attached hydrogens (tertiary/aromatic N) is 3. The van der Waals surface area contributed by atoms with Gasteiger partial charge in [-0.25, -0.2) is 0 Å². The number of alkyl halides is 3. The zero-order chi connectivity index (χ0) is 18.7. The molecule has 0 saturated heterocycles. The molecule has 0 aliphatic heterocycles. The van der Waals surface area contributed by atoms with E-state index in [0.717, 1.165) is 17.7 Å². The summed E-state index contributed by atoms with van der Waals surface area (Å²) < 4.78 is 43.7. The summed E-state index contributed by atoms with van der Waals surface area (Å²) in [6.07, 6.45) is -4.41. The van der Waals surface area contributed by atoms with E-state index in [2.05, 4.69) is 17.1 Å². The Morgan fingerprint density at radius 2 is 1.81 bits per heavy atom. The van der Waals surface area contributed by atoms with Crippen LogP contribution in [-0.2, 0) is 12.7 Å². The minimum absolute atomic E-state index is 0.125. The van der Waals surface area contributed by atoms with Gasteiger partial charge in [-0.05, 0) is 31.7 Å². The lowest BCUT2D eigenvalue weighted by atomic mass is 10.1. The van der Waals surface area contributed by atoms with Crippen molar-refractivity contribution in [2.75, 3.05) is 7.05 Å². The summed E-state index contributed by atoms with van der Waals surface area (Å²) in [6, 6.07) is 15.0. The largest absolute Gasteiger partial charge is 0.416 e. The number of aromatic nitrogens is 2. The zero-order valence-corrected chi connectivity index (χ0v) is 14.4. The minimum atomic E-state index is -4.41. The molecule has 0 saturated carbocycles. The molecule has 0 N–H and O–H groups in total. The molecule has 0 unspecified atom stereocenters. The SMILES string of the molecule is C[C@H](c1ccccc1)N(C)Cc1nc(-c2cccc(C(F)(F)F)c2)no1. The molecule has 1 aromatic heterocycles.